The van der Waals surface area contributed by atoms with Crippen LogP contribution in [0, 0.1) is 5.92 Å². The molecule has 2 aliphatic heterocycles. The van der Waals surface area contributed by atoms with Gasteiger partial charge in [-0.2, -0.15) is 0 Å². The van der Waals surface area contributed by atoms with E-state index in [-0.39, 0.29) is 24.5 Å². The molecule has 3 unspecified atom stereocenters. The van der Waals surface area contributed by atoms with Crippen LogP contribution in [0.4, 0.5) is 5.69 Å². The second-order valence-corrected chi connectivity index (χ2v) is 17.5. The van der Waals surface area contributed by atoms with Gasteiger partial charge in [-0.3, -0.25) is 29.4 Å². The van der Waals surface area contributed by atoms with Crippen LogP contribution >= 0.6 is 27.0 Å². The molecule has 0 aromatic heterocycles. The summed E-state index contributed by atoms with van der Waals surface area (Å²) in [4.78, 5) is 58.6. The van der Waals surface area contributed by atoms with Gasteiger partial charge in [0.05, 0.1) is 50.7 Å². The Balaban J connectivity index is 1.66. The maximum Gasteiger partial charge on any atom is 0.428 e. The van der Waals surface area contributed by atoms with Gasteiger partial charge in [0.2, 0.25) is 11.6 Å². The lowest BCUT2D eigenvalue weighted by atomic mass is 9.82. The summed E-state index contributed by atoms with van der Waals surface area (Å²) >= 11 is 1.14. The van der Waals surface area contributed by atoms with E-state index in [0.29, 0.717) is 16.5 Å². The number of β-lactam (4-membered cyclic amide) rings is 1. The number of aliphatic carboxylic acids is 1. The first-order valence-electron chi connectivity index (χ1n) is 14.8. The van der Waals surface area contributed by atoms with Crippen LogP contribution in [-0.2, 0) is 57.0 Å². The number of thioether (sulfide) groups is 1. The summed E-state index contributed by atoms with van der Waals surface area (Å²) < 4.78 is 50.6. The molecule has 2 aromatic rings. The van der Waals surface area contributed by atoms with Crippen LogP contribution in [0.3, 0.4) is 0 Å². The number of carbonyl (C=O) groups excluding carboxylic acids is 2. The van der Waals surface area contributed by atoms with Gasteiger partial charge >= 0.3 is 21.2 Å². The van der Waals surface area contributed by atoms with E-state index in [4.69, 9.17) is 10.5 Å². The number of carboxylic acid groups (broad SMARTS) is 1. The molecular formula is C28H39N3O16P2S. The van der Waals surface area contributed by atoms with Gasteiger partial charge in [0, 0.05) is 18.7 Å². The summed E-state index contributed by atoms with van der Waals surface area (Å²) in [5, 5.41) is 21.4. The molecule has 0 bridgehead atoms. The van der Waals surface area contributed by atoms with E-state index in [0.717, 1.165) is 45.1 Å². The zero-order chi connectivity index (χ0) is 37.3. The molecule has 0 aliphatic carbocycles. The van der Waals surface area contributed by atoms with Crippen molar-refractivity contribution < 1.29 is 76.7 Å². The number of carboxylic acids is 1. The van der Waals surface area contributed by atoms with Crippen molar-refractivity contribution in [2.45, 2.75) is 48.1 Å². The van der Waals surface area contributed by atoms with Gasteiger partial charge in [-0.05, 0) is 49.7 Å². The molecule has 2 saturated heterocycles. The van der Waals surface area contributed by atoms with Crippen LogP contribution in [0.15, 0.2) is 30.3 Å². The molecule has 2 aromatic carbocycles. The number of nitrogens with zero attached hydrogens (tertiary/aromatic N) is 1. The largest absolute Gasteiger partial charge is 0.493 e. The van der Waals surface area contributed by atoms with Gasteiger partial charge in [0.25, 0.3) is 5.08 Å². The van der Waals surface area contributed by atoms with Crippen molar-refractivity contribution in [1.82, 2.24) is 4.90 Å². The van der Waals surface area contributed by atoms with E-state index in [9.17, 15) is 33.7 Å². The van der Waals surface area contributed by atoms with Crippen molar-refractivity contribution in [1.29, 1.82) is 0 Å². The number of rotatable bonds is 19. The molecule has 0 saturated carbocycles. The van der Waals surface area contributed by atoms with Gasteiger partial charge in [-0.25, -0.2) is 24.3 Å². The normalized spacial score (nSPS) is 21.9. The average Bonchev–Trinajstić information content (AvgIpc) is 3.23. The van der Waals surface area contributed by atoms with E-state index in [2.05, 4.69) is 43.6 Å². The van der Waals surface area contributed by atoms with Crippen molar-refractivity contribution in [3.05, 3.63) is 35.9 Å². The molecule has 1 amide bonds. The third-order valence-corrected chi connectivity index (χ3v) is 14.9. The van der Waals surface area contributed by atoms with Crippen LogP contribution in [0.1, 0.15) is 37.6 Å². The van der Waals surface area contributed by atoms with E-state index >= 15 is 0 Å². The van der Waals surface area contributed by atoms with Crippen LogP contribution in [0.25, 0.3) is 10.8 Å². The van der Waals surface area contributed by atoms with E-state index < -0.39 is 66.1 Å². The fraction of sp³-hybridized carbons (Fsp3) is 0.536. The highest BCUT2D eigenvalue weighted by molar-refractivity contribution is 8.01. The Bertz CT molecular complexity index is 1680. The molecule has 278 valence electrons. The molecule has 0 radical (unpaired) electrons. The molecular weight excluding hydrogens is 728 g/mol. The molecule has 50 heavy (non-hydrogen) atoms. The van der Waals surface area contributed by atoms with Crippen LogP contribution in [0.2, 0.25) is 0 Å². The summed E-state index contributed by atoms with van der Waals surface area (Å²) in [7, 11) is -6.38. The first-order chi connectivity index (χ1) is 23.5. The lowest BCUT2D eigenvalue weighted by molar-refractivity contribution is -0.264. The molecule has 22 heteroatoms. The summed E-state index contributed by atoms with van der Waals surface area (Å²) in [6, 6.07) is 8.04. The molecule has 2 heterocycles. The number of benzene rings is 2. The van der Waals surface area contributed by atoms with Crippen LogP contribution in [-0.4, -0.2) is 95.2 Å². The number of nitrogens with two attached hydrogens (primary N) is 1. The third-order valence-electron chi connectivity index (χ3n) is 8.25. The Labute approximate surface area is 290 Å². The second-order valence-electron chi connectivity index (χ2n) is 11.4. The first kappa shape index (κ1) is 40.1. The summed E-state index contributed by atoms with van der Waals surface area (Å²) in [5.41, 5.74) is 4.77. The van der Waals surface area contributed by atoms with Crippen molar-refractivity contribution >= 4 is 61.1 Å². The minimum atomic E-state index is -5.08. The Hall–Kier alpha value is -2.68. The summed E-state index contributed by atoms with van der Waals surface area (Å²) in [6.07, 6.45) is -0.735. The summed E-state index contributed by atoms with van der Waals surface area (Å²) in [6.45, 7) is 4.86. The quantitative estimate of drug-likeness (QED) is 0.0398. The van der Waals surface area contributed by atoms with Crippen LogP contribution in [0.5, 0.6) is 5.75 Å². The highest BCUT2D eigenvalue weighted by Crippen LogP contribution is 2.78. The maximum absolute atomic E-state index is 14.1. The minimum Gasteiger partial charge on any atom is -0.493 e. The maximum atomic E-state index is 14.1. The van der Waals surface area contributed by atoms with Gasteiger partial charge < -0.3 is 20.3 Å². The number of Topliss-reactive ketones (excluding diaryl/α,β-unsaturated/α-hetero) is 1. The fourth-order valence-electron chi connectivity index (χ4n) is 5.80. The molecule has 5 N–H and O–H groups in total. The SMILES string of the molecule is CCOc1ccc2cc(NCCC(O)(P(=O)(OOC)OOC)P(=O)(OOC)OOC)ccc2c1C(=O)C1C(=O)N2C1SC(C)(C)C2(N)C(=O)O. The highest BCUT2D eigenvalue weighted by atomic mass is 32.2. The second kappa shape index (κ2) is 15.1. The number of amides is 1. The number of anilines is 1. The summed E-state index contributed by atoms with van der Waals surface area (Å²) in [5.74, 6) is -3.62. The lowest BCUT2D eigenvalue weighted by Crippen LogP contribution is -2.75. The molecule has 19 nitrogen and oxygen atoms in total. The topological polar surface area (TPSA) is 250 Å². The van der Waals surface area contributed by atoms with E-state index in [1.54, 1.807) is 51.1 Å². The van der Waals surface area contributed by atoms with Crippen molar-refractivity contribution in [3.8, 4) is 5.75 Å². The zero-order valence-electron chi connectivity index (χ0n) is 28.1. The molecule has 2 aliphatic rings. The lowest BCUT2D eigenvalue weighted by Gasteiger charge is -2.47. The standard InChI is InChI=1S/C28H39N3O16P2S/c1-8-43-19-12-9-16-15-17(30-14-13-27(36,48(37,44-39-4)45-40-5)49(38,46-41-6)47-42-7)10-11-18(16)20(19)22(32)21-23(33)31-24(21)50-26(2,3)28(31,29)25(34)35/h9-12,15,21,24,30,36H,8,13-14,29H2,1-7H3,(H,34,35). The number of hydrogen-bond donors (Lipinski definition) is 4. The monoisotopic (exact) mass is 767 g/mol. The van der Waals surface area contributed by atoms with Crippen molar-refractivity contribution in [2.75, 3.05) is 46.9 Å². The van der Waals surface area contributed by atoms with Crippen LogP contribution < -0.4 is 15.8 Å². The molecule has 4 rings (SSSR count). The first-order valence-corrected chi connectivity index (χ1v) is 18.8. The predicted octanol–water partition coefficient (Wildman–Crippen LogP) is 3.62. The number of nitrogens with one attached hydrogen (secondary N) is 1. The van der Waals surface area contributed by atoms with Crippen molar-refractivity contribution in [3.63, 3.8) is 0 Å². The number of ether oxygens (including phenoxy) is 1. The van der Waals surface area contributed by atoms with Crippen molar-refractivity contribution in [2.24, 2.45) is 11.7 Å². The predicted molar refractivity (Wildman–Crippen MR) is 175 cm³/mol. The number of fused-ring (bicyclic) bond motifs is 2. The molecule has 3 atom stereocenters. The van der Waals surface area contributed by atoms with Gasteiger partial charge in [-0.15, -0.1) is 30.5 Å². The fourth-order valence-corrected chi connectivity index (χ4v) is 11.2. The molecule has 0 spiro atoms. The molecule has 2 fully saturated rings. The van der Waals surface area contributed by atoms with E-state index in [1.165, 1.54) is 0 Å². The Morgan fingerprint density at radius 2 is 1.56 bits per heavy atom. The Morgan fingerprint density at radius 1 is 1.00 bits per heavy atom. The average molecular weight is 768 g/mol. The van der Waals surface area contributed by atoms with Gasteiger partial charge in [0.15, 0.2) is 5.78 Å². The van der Waals surface area contributed by atoms with Gasteiger partial charge in [-0.1, -0.05) is 12.1 Å². The highest BCUT2D eigenvalue weighted by Gasteiger charge is 2.73. The smallest absolute Gasteiger partial charge is 0.428 e. The minimum absolute atomic E-state index is 0.121. The zero-order valence-corrected chi connectivity index (χ0v) is 30.7. The van der Waals surface area contributed by atoms with Gasteiger partial charge in [0.1, 0.15) is 11.7 Å². The number of hydrogen-bond acceptors (Lipinski definition) is 18. The Morgan fingerprint density at radius 3 is 2.06 bits per heavy atom. The number of carbonyl (C=O) groups is 3. The Kier molecular flexibility index (Phi) is 12.1. The number of aliphatic hydroxyl groups is 1. The number of ketones is 1. The third kappa shape index (κ3) is 6.47. The van der Waals surface area contributed by atoms with E-state index in [1.807, 2.05) is 0 Å².